The van der Waals surface area contributed by atoms with Crippen molar-refractivity contribution in [2.75, 3.05) is 6.61 Å². The van der Waals surface area contributed by atoms with E-state index in [9.17, 15) is 9.59 Å². The molecule has 0 aliphatic heterocycles. The lowest BCUT2D eigenvalue weighted by atomic mass is 10.0. The molecule has 1 heterocycles. The summed E-state index contributed by atoms with van der Waals surface area (Å²) >= 11 is 0. The molecular weight excluding hydrogens is 304 g/mol. The van der Waals surface area contributed by atoms with Crippen molar-refractivity contribution >= 4 is 22.8 Å². The number of ether oxygens (including phenoxy) is 1. The maximum Gasteiger partial charge on any atom is 0.328 e. The van der Waals surface area contributed by atoms with Gasteiger partial charge in [0, 0.05) is 11.5 Å². The molecule has 0 spiro atoms. The average Bonchev–Trinajstić information content (AvgIpc) is 2.54. The second-order valence-corrected chi connectivity index (χ2v) is 6.31. The topological polar surface area (TPSA) is 59.3 Å². The monoisotopic (exact) mass is 329 g/mol. The second-order valence-electron chi connectivity index (χ2n) is 6.31. The Labute approximate surface area is 142 Å². The zero-order valence-electron chi connectivity index (χ0n) is 14.7. The molecule has 128 valence electrons. The molecule has 2 rings (SSSR count). The summed E-state index contributed by atoms with van der Waals surface area (Å²) in [5.41, 5.74) is 1.56. The molecule has 1 atom stereocenters. The largest absolute Gasteiger partial charge is 0.464 e. The standard InChI is InChI=1S/C19H24N2O3/c1-5-24-19(23)16(10-13(2)3)20-18(22)15-11-14-8-6-7-9-17(14)21(4)12-15/h6-9,11-13,16H,5,10H2,1-4H3/p+1/t16-/m0/s1. The summed E-state index contributed by atoms with van der Waals surface area (Å²) in [4.78, 5) is 24.7. The van der Waals surface area contributed by atoms with Crippen LogP contribution in [0.3, 0.4) is 0 Å². The fourth-order valence-electron chi connectivity index (χ4n) is 2.71. The summed E-state index contributed by atoms with van der Waals surface area (Å²) in [6, 6.07) is 9.06. The minimum absolute atomic E-state index is 0.268. The van der Waals surface area contributed by atoms with Gasteiger partial charge in [-0.15, -0.1) is 0 Å². The van der Waals surface area contributed by atoms with Crippen molar-refractivity contribution in [3.05, 3.63) is 42.1 Å². The highest BCUT2D eigenvalue weighted by Crippen LogP contribution is 2.12. The Morgan fingerprint density at radius 2 is 1.96 bits per heavy atom. The number of fused-ring (bicyclic) bond motifs is 1. The fourth-order valence-corrected chi connectivity index (χ4v) is 2.71. The molecule has 1 aromatic heterocycles. The van der Waals surface area contributed by atoms with E-state index in [1.165, 1.54) is 0 Å². The zero-order chi connectivity index (χ0) is 17.7. The van der Waals surface area contributed by atoms with E-state index in [1.807, 2.05) is 55.8 Å². The molecule has 0 radical (unpaired) electrons. The highest BCUT2D eigenvalue weighted by Gasteiger charge is 2.25. The number of aryl methyl sites for hydroxylation is 1. The van der Waals surface area contributed by atoms with Crippen LogP contribution >= 0.6 is 0 Å². The molecule has 0 saturated heterocycles. The van der Waals surface area contributed by atoms with Gasteiger partial charge in [-0.3, -0.25) is 4.79 Å². The molecule has 5 heteroatoms. The van der Waals surface area contributed by atoms with Crippen LogP contribution in [0.2, 0.25) is 0 Å². The van der Waals surface area contributed by atoms with Gasteiger partial charge in [0.2, 0.25) is 5.52 Å². The summed E-state index contributed by atoms with van der Waals surface area (Å²) in [5, 5.41) is 3.79. The molecule has 0 saturated carbocycles. The Morgan fingerprint density at radius 1 is 1.25 bits per heavy atom. The Balaban J connectivity index is 2.24. The van der Waals surface area contributed by atoms with E-state index in [1.54, 1.807) is 13.1 Å². The molecule has 5 nitrogen and oxygen atoms in total. The number of esters is 1. The Bertz CT molecular complexity index is 740. The predicted octanol–water partition coefficient (Wildman–Crippen LogP) is 2.37. The van der Waals surface area contributed by atoms with E-state index in [0.717, 1.165) is 10.9 Å². The first-order valence-electron chi connectivity index (χ1n) is 8.28. The van der Waals surface area contributed by atoms with Crippen molar-refractivity contribution in [3.63, 3.8) is 0 Å². The molecule has 0 aliphatic carbocycles. The van der Waals surface area contributed by atoms with Crippen molar-refractivity contribution < 1.29 is 18.9 Å². The smallest absolute Gasteiger partial charge is 0.328 e. The van der Waals surface area contributed by atoms with Crippen LogP contribution in [0.4, 0.5) is 0 Å². The van der Waals surface area contributed by atoms with Gasteiger partial charge < -0.3 is 10.1 Å². The van der Waals surface area contributed by atoms with Crippen LogP contribution in [0, 0.1) is 5.92 Å². The first-order valence-corrected chi connectivity index (χ1v) is 8.28. The quantitative estimate of drug-likeness (QED) is 0.654. The molecule has 0 bridgehead atoms. The first-order chi connectivity index (χ1) is 11.4. The summed E-state index contributed by atoms with van der Waals surface area (Å²) in [6.07, 6.45) is 2.32. The molecule has 24 heavy (non-hydrogen) atoms. The van der Waals surface area contributed by atoms with Crippen LogP contribution < -0.4 is 9.88 Å². The number of aromatic nitrogens is 1. The molecule has 1 N–H and O–H groups in total. The molecule has 0 unspecified atom stereocenters. The summed E-state index contributed by atoms with van der Waals surface area (Å²) < 4.78 is 6.99. The van der Waals surface area contributed by atoms with Gasteiger partial charge in [-0.25, -0.2) is 9.36 Å². The zero-order valence-corrected chi connectivity index (χ0v) is 14.7. The number of hydrogen-bond donors (Lipinski definition) is 1. The third kappa shape index (κ3) is 4.31. The minimum Gasteiger partial charge on any atom is -0.464 e. The van der Waals surface area contributed by atoms with E-state index in [0.29, 0.717) is 18.6 Å². The number of nitrogens with one attached hydrogen (secondary N) is 1. The van der Waals surface area contributed by atoms with Crippen LogP contribution in [-0.4, -0.2) is 24.5 Å². The minimum atomic E-state index is -0.630. The SMILES string of the molecule is CCOC(=O)[C@H](CC(C)C)NC(=O)c1cc2ccccc2[n+](C)c1. The number of carbonyl (C=O) groups excluding carboxylic acids is 2. The highest BCUT2D eigenvalue weighted by molar-refractivity contribution is 5.98. The van der Waals surface area contributed by atoms with E-state index < -0.39 is 6.04 Å². The van der Waals surface area contributed by atoms with E-state index in [4.69, 9.17) is 4.74 Å². The van der Waals surface area contributed by atoms with Crippen LogP contribution in [0.15, 0.2) is 36.5 Å². The number of para-hydroxylation sites is 1. The van der Waals surface area contributed by atoms with Crippen molar-refractivity contribution in [3.8, 4) is 0 Å². The molecule has 0 fully saturated rings. The Kier molecular flexibility index (Phi) is 5.90. The van der Waals surface area contributed by atoms with Crippen LogP contribution in [0.25, 0.3) is 10.9 Å². The van der Waals surface area contributed by atoms with Gasteiger partial charge in [0.05, 0.1) is 6.61 Å². The lowest BCUT2D eigenvalue weighted by Crippen LogP contribution is -2.43. The summed E-state index contributed by atoms with van der Waals surface area (Å²) in [5.74, 6) is -0.382. The average molecular weight is 329 g/mol. The number of carbonyl (C=O) groups is 2. The highest BCUT2D eigenvalue weighted by atomic mass is 16.5. The summed E-state index contributed by atoms with van der Waals surface area (Å²) in [7, 11) is 1.90. The molecular formula is C19H25N2O3+. The van der Waals surface area contributed by atoms with Gasteiger partial charge in [-0.1, -0.05) is 26.0 Å². The van der Waals surface area contributed by atoms with Gasteiger partial charge in [0.1, 0.15) is 18.7 Å². The van der Waals surface area contributed by atoms with Gasteiger partial charge in [0.15, 0.2) is 6.20 Å². The lowest BCUT2D eigenvalue weighted by molar-refractivity contribution is -0.645. The van der Waals surface area contributed by atoms with Crippen molar-refractivity contribution in [1.29, 1.82) is 0 Å². The van der Waals surface area contributed by atoms with Crippen molar-refractivity contribution in [1.82, 2.24) is 5.32 Å². The van der Waals surface area contributed by atoms with E-state index in [-0.39, 0.29) is 17.8 Å². The van der Waals surface area contributed by atoms with Gasteiger partial charge in [0.25, 0.3) is 5.91 Å². The first kappa shape index (κ1) is 17.9. The second kappa shape index (κ2) is 7.90. The molecule has 0 aliphatic rings. The maximum atomic E-state index is 12.6. The Hall–Kier alpha value is -2.43. The van der Waals surface area contributed by atoms with E-state index >= 15 is 0 Å². The number of pyridine rings is 1. The predicted molar refractivity (Wildman–Crippen MR) is 92.5 cm³/mol. The summed E-state index contributed by atoms with van der Waals surface area (Å²) in [6.45, 7) is 6.08. The molecule has 2 aromatic rings. The van der Waals surface area contributed by atoms with Gasteiger partial charge in [-0.2, -0.15) is 0 Å². The number of nitrogens with zero attached hydrogens (tertiary/aromatic N) is 1. The number of hydrogen-bond acceptors (Lipinski definition) is 3. The van der Waals surface area contributed by atoms with Crippen LogP contribution in [0.5, 0.6) is 0 Å². The van der Waals surface area contributed by atoms with E-state index in [2.05, 4.69) is 5.32 Å². The third-order valence-corrected chi connectivity index (χ3v) is 3.81. The molecule has 1 amide bonds. The maximum absolute atomic E-state index is 12.6. The Morgan fingerprint density at radius 3 is 2.62 bits per heavy atom. The lowest BCUT2D eigenvalue weighted by Gasteiger charge is -2.18. The van der Waals surface area contributed by atoms with Crippen LogP contribution in [-0.2, 0) is 16.6 Å². The van der Waals surface area contributed by atoms with Crippen LogP contribution in [0.1, 0.15) is 37.6 Å². The number of amides is 1. The van der Waals surface area contributed by atoms with Crippen molar-refractivity contribution in [2.24, 2.45) is 13.0 Å². The fraction of sp³-hybridized carbons (Fsp3) is 0.421. The van der Waals surface area contributed by atoms with Gasteiger partial charge in [-0.05, 0) is 31.4 Å². The molecule has 1 aromatic carbocycles. The normalized spacial score (nSPS) is 12.2. The van der Waals surface area contributed by atoms with Crippen molar-refractivity contribution in [2.45, 2.75) is 33.2 Å². The van der Waals surface area contributed by atoms with Gasteiger partial charge >= 0.3 is 5.97 Å². The third-order valence-electron chi connectivity index (χ3n) is 3.81. The number of benzene rings is 1. The number of rotatable bonds is 6.